The molecule has 9 atom stereocenters. The highest BCUT2D eigenvalue weighted by atomic mass is 16.3. The fraction of sp³-hybridized carbons (Fsp3) is 0.933. The number of aliphatic hydroxyl groups is 1. The van der Waals surface area contributed by atoms with Crippen molar-refractivity contribution >= 4 is 0 Å². The van der Waals surface area contributed by atoms with E-state index in [2.05, 4.69) is 61.5 Å². The maximum Gasteiger partial charge on any atom is 0.0582 e. The van der Waals surface area contributed by atoms with E-state index in [9.17, 15) is 5.11 Å². The van der Waals surface area contributed by atoms with Crippen LogP contribution in [-0.2, 0) is 0 Å². The molecule has 0 heterocycles. The van der Waals surface area contributed by atoms with Gasteiger partial charge in [-0.25, -0.2) is 0 Å². The lowest BCUT2D eigenvalue weighted by Crippen LogP contribution is -2.62. The Labute approximate surface area is 192 Å². The molecule has 0 aromatic carbocycles. The minimum absolute atomic E-state index is 0.111. The fourth-order valence-electron chi connectivity index (χ4n) is 11.4. The van der Waals surface area contributed by atoms with E-state index < -0.39 is 0 Å². The zero-order valence-electron chi connectivity index (χ0n) is 21.9. The van der Waals surface area contributed by atoms with Gasteiger partial charge in [-0.3, -0.25) is 0 Å². The summed E-state index contributed by atoms with van der Waals surface area (Å²) in [5, 5.41) is 11.5. The second-order valence-electron chi connectivity index (χ2n) is 14.8. The topological polar surface area (TPSA) is 20.2 Å². The van der Waals surface area contributed by atoms with Crippen LogP contribution in [0.15, 0.2) is 11.6 Å². The summed E-state index contributed by atoms with van der Waals surface area (Å²) >= 11 is 0. The van der Waals surface area contributed by atoms with Crippen LogP contribution in [-0.4, -0.2) is 11.2 Å². The monoisotopic (exact) mass is 426 g/mol. The second kappa shape index (κ2) is 6.64. The SMILES string of the molecule is CC(C)[C@H]1C[C@@H](O)C2[C@]1(C)CC[C@]1(C)C3=CC[C@H]4C(C)(C)CCC[C@]4(C)[C@H]3CC[C@@]21C. The van der Waals surface area contributed by atoms with Gasteiger partial charge in [0.15, 0.2) is 0 Å². The molecule has 0 aromatic rings. The quantitative estimate of drug-likeness (QED) is 0.421. The molecule has 1 heteroatoms. The molecule has 0 spiro atoms. The summed E-state index contributed by atoms with van der Waals surface area (Å²) < 4.78 is 0. The smallest absolute Gasteiger partial charge is 0.0582 e. The molecule has 31 heavy (non-hydrogen) atoms. The van der Waals surface area contributed by atoms with E-state index in [-0.39, 0.29) is 16.9 Å². The number of aliphatic hydroxyl groups excluding tert-OH is 1. The Morgan fingerprint density at radius 3 is 2.29 bits per heavy atom. The summed E-state index contributed by atoms with van der Waals surface area (Å²) in [5.74, 6) is 3.42. The highest BCUT2D eigenvalue weighted by Gasteiger charge is 2.70. The highest BCUT2D eigenvalue weighted by molar-refractivity contribution is 5.34. The Bertz CT molecular complexity index is 777. The van der Waals surface area contributed by atoms with Crippen LogP contribution < -0.4 is 0 Å². The lowest BCUT2D eigenvalue weighted by atomic mass is 9.35. The van der Waals surface area contributed by atoms with Crippen molar-refractivity contribution < 1.29 is 5.11 Å². The zero-order chi connectivity index (χ0) is 22.6. The highest BCUT2D eigenvalue weighted by Crippen LogP contribution is 2.76. The van der Waals surface area contributed by atoms with Crippen molar-refractivity contribution in [2.24, 2.45) is 56.7 Å². The molecule has 5 aliphatic rings. The standard InChI is InChI=1S/C30H50O/c1-19(2)22-18-23(31)25-28(22,6)16-17-29(7)21-10-11-24-26(3,4)13-9-14-27(24,5)20(21)12-15-30(25,29)8/h10,19-20,22-25,31H,9,11-18H2,1-8H3/t20-,22+,23+,24-,25?,27+,28+,29+,30-/m0/s1. The van der Waals surface area contributed by atoms with Crippen molar-refractivity contribution in [3.63, 3.8) is 0 Å². The molecular weight excluding hydrogens is 376 g/mol. The van der Waals surface area contributed by atoms with Gasteiger partial charge in [-0.2, -0.15) is 0 Å². The van der Waals surface area contributed by atoms with Gasteiger partial charge >= 0.3 is 0 Å². The third-order valence-corrected chi connectivity index (χ3v) is 13.0. The molecule has 0 radical (unpaired) electrons. The lowest BCUT2D eigenvalue weighted by molar-refractivity contribution is -0.162. The summed E-state index contributed by atoms with van der Waals surface area (Å²) in [7, 11) is 0. The first-order chi connectivity index (χ1) is 14.3. The van der Waals surface area contributed by atoms with Crippen molar-refractivity contribution in [3.05, 3.63) is 11.6 Å². The minimum Gasteiger partial charge on any atom is -0.393 e. The summed E-state index contributed by atoms with van der Waals surface area (Å²) in [4.78, 5) is 0. The van der Waals surface area contributed by atoms with Crippen molar-refractivity contribution in [3.8, 4) is 0 Å². The number of hydrogen-bond donors (Lipinski definition) is 1. The number of fused-ring (bicyclic) bond motifs is 7. The Kier molecular flexibility index (Phi) is 4.82. The molecule has 0 amide bonds. The van der Waals surface area contributed by atoms with Gasteiger partial charge < -0.3 is 5.11 Å². The molecular formula is C30H50O. The second-order valence-corrected chi connectivity index (χ2v) is 14.8. The van der Waals surface area contributed by atoms with Gasteiger partial charge in [0.1, 0.15) is 0 Å². The van der Waals surface area contributed by atoms with Gasteiger partial charge in [0.25, 0.3) is 0 Å². The Morgan fingerprint density at radius 2 is 1.61 bits per heavy atom. The van der Waals surface area contributed by atoms with Crippen LogP contribution in [0, 0.1) is 56.7 Å². The van der Waals surface area contributed by atoms with E-state index in [1.165, 1.54) is 51.4 Å². The van der Waals surface area contributed by atoms with Crippen LogP contribution in [0.4, 0.5) is 0 Å². The first-order valence-corrected chi connectivity index (χ1v) is 13.7. The van der Waals surface area contributed by atoms with Gasteiger partial charge in [-0.05, 0) is 108 Å². The summed E-state index contributed by atoms with van der Waals surface area (Å²) in [6.07, 6.45) is 14.5. The van der Waals surface area contributed by atoms with Crippen LogP contribution in [0.2, 0.25) is 0 Å². The van der Waals surface area contributed by atoms with E-state index in [4.69, 9.17) is 0 Å². The normalized spacial score (nSPS) is 55.7. The summed E-state index contributed by atoms with van der Waals surface area (Å²) in [6.45, 7) is 20.4. The molecule has 1 nitrogen and oxygen atoms in total. The molecule has 5 rings (SSSR count). The van der Waals surface area contributed by atoms with Gasteiger partial charge in [0.05, 0.1) is 6.10 Å². The average molecular weight is 427 g/mol. The predicted octanol–water partition coefficient (Wildman–Crippen LogP) is 8.02. The molecule has 1 unspecified atom stereocenters. The molecule has 5 aliphatic carbocycles. The van der Waals surface area contributed by atoms with E-state index >= 15 is 0 Å². The van der Waals surface area contributed by atoms with Crippen LogP contribution in [0.3, 0.4) is 0 Å². The molecule has 4 saturated carbocycles. The predicted molar refractivity (Wildman–Crippen MR) is 131 cm³/mol. The van der Waals surface area contributed by atoms with E-state index in [0.717, 1.165) is 18.3 Å². The Balaban J connectivity index is 1.57. The molecule has 0 aromatic heterocycles. The molecule has 176 valence electrons. The van der Waals surface area contributed by atoms with Crippen molar-refractivity contribution in [1.29, 1.82) is 0 Å². The van der Waals surface area contributed by atoms with Gasteiger partial charge in [-0.15, -0.1) is 0 Å². The van der Waals surface area contributed by atoms with E-state index in [1.54, 1.807) is 0 Å². The van der Waals surface area contributed by atoms with Gasteiger partial charge in [-0.1, -0.05) is 73.5 Å². The van der Waals surface area contributed by atoms with Crippen LogP contribution in [0.5, 0.6) is 0 Å². The Hall–Kier alpha value is -0.300. The number of allylic oxidation sites excluding steroid dienone is 2. The maximum absolute atomic E-state index is 11.5. The first kappa shape index (κ1) is 22.5. The molecule has 0 bridgehead atoms. The number of rotatable bonds is 1. The third kappa shape index (κ3) is 2.65. The molecule has 4 fully saturated rings. The van der Waals surface area contributed by atoms with Crippen LogP contribution in [0.25, 0.3) is 0 Å². The van der Waals surface area contributed by atoms with Gasteiger partial charge in [0, 0.05) is 0 Å². The lowest BCUT2D eigenvalue weighted by Gasteiger charge is -2.69. The molecule has 0 saturated heterocycles. The first-order valence-electron chi connectivity index (χ1n) is 13.7. The summed E-state index contributed by atoms with van der Waals surface area (Å²) in [6, 6.07) is 0. The zero-order valence-corrected chi connectivity index (χ0v) is 21.9. The largest absolute Gasteiger partial charge is 0.393 e. The summed E-state index contributed by atoms with van der Waals surface area (Å²) in [5.41, 5.74) is 3.60. The van der Waals surface area contributed by atoms with E-state index in [1.807, 2.05) is 5.57 Å². The maximum atomic E-state index is 11.5. The van der Waals surface area contributed by atoms with Crippen molar-refractivity contribution in [2.75, 3.05) is 0 Å². The average Bonchev–Trinajstić information content (AvgIpc) is 2.94. The number of hydrogen-bond acceptors (Lipinski definition) is 1. The van der Waals surface area contributed by atoms with E-state index in [0.29, 0.717) is 34.0 Å². The minimum atomic E-state index is -0.111. The van der Waals surface area contributed by atoms with Crippen LogP contribution >= 0.6 is 0 Å². The van der Waals surface area contributed by atoms with Crippen molar-refractivity contribution in [1.82, 2.24) is 0 Å². The molecule has 1 N–H and O–H groups in total. The molecule has 0 aliphatic heterocycles. The van der Waals surface area contributed by atoms with Crippen molar-refractivity contribution in [2.45, 2.75) is 119 Å². The Morgan fingerprint density at radius 1 is 0.903 bits per heavy atom. The van der Waals surface area contributed by atoms with Crippen LogP contribution in [0.1, 0.15) is 113 Å². The third-order valence-electron chi connectivity index (χ3n) is 13.0. The van der Waals surface area contributed by atoms with Gasteiger partial charge in [0.2, 0.25) is 0 Å². The fourth-order valence-corrected chi connectivity index (χ4v) is 11.4.